The molecule has 0 unspecified atom stereocenters. The van der Waals surface area contributed by atoms with Crippen molar-refractivity contribution >= 4 is 16.9 Å². The number of rotatable bonds is 3. The van der Waals surface area contributed by atoms with Crippen molar-refractivity contribution < 1.29 is 14.6 Å². The summed E-state index contributed by atoms with van der Waals surface area (Å²) in [6.45, 7) is 1.24. The zero-order valence-corrected chi connectivity index (χ0v) is 12.8. The van der Waals surface area contributed by atoms with Gasteiger partial charge in [-0.25, -0.2) is 4.79 Å². The van der Waals surface area contributed by atoms with Crippen molar-refractivity contribution in [2.75, 3.05) is 13.1 Å². The summed E-state index contributed by atoms with van der Waals surface area (Å²) in [4.78, 5) is 12.5. The van der Waals surface area contributed by atoms with Gasteiger partial charge in [0.1, 0.15) is 0 Å². The van der Waals surface area contributed by atoms with Gasteiger partial charge >= 0.3 is 6.09 Å². The van der Waals surface area contributed by atoms with E-state index < -0.39 is 6.09 Å². The Labute approximate surface area is 135 Å². The molecule has 4 nitrogen and oxygen atoms in total. The highest BCUT2D eigenvalue weighted by Crippen LogP contribution is 2.22. The van der Waals surface area contributed by atoms with E-state index in [9.17, 15) is 4.79 Å². The van der Waals surface area contributed by atoms with Gasteiger partial charge in [0.25, 0.3) is 0 Å². The molecule has 1 fully saturated rings. The first kappa shape index (κ1) is 15.4. The smallest absolute Gasteiger partial charge is 0.407 e. The number of fused-ring (bicyclic) bond motifs is 1. The van der Waals surface area contributed by atoms with Gasteiger partial charge in [-0.15, -0.1) is 12.3 Å². The van der Waals surface area contributed by atoms with Gasteiger partial charge in [0, 0.05) is 12.5 Å². The fourth-order valence-corrected chi connectivity index (χ4v) is 2.98. The van der Waals surface area contributed by atoms with E-state index in [1.807, 2.05) is 18.2 Å². The fourth-order valence-electron chi connectivity index (χ4n) is 2.98. The predicted molar refractivity (Wildman–Crippen MR) is 89.1 cm³/mol. The molecule has 2 aromatic rings. The molecule has 4 heteroatoms. The number of benzene rings is 2. The maximum Gasteiger partial charge on any atom is 0.407 e. The Morgan fingerprint density at radius 1 is 1.30 bits per heavy atom. The quantitative estimate of drug-likeness (QED) is 0.885. The Kier molecular flexibility index (Phi) is 4.50. The molecule has 1 heterocycles. The van der Waals surface area contributed by atoms with Crippen molar-refractivity contribution in [3.63, 3.8) is 0 Å². The third-order valence-electron chi connectivity index (χ3n) is 4.32. The standard InChI is InChI=1S/C19H19NO3/c1-2-15-9-10-20(19(21)22)12-18(15)23-13-14-7-8-16-5-3-4-6-17(16)11-14/h1,3-8,11,15,18H,9-10,12-13H2,(H,21,22)/t15-,18-/m1/s1. The Morgan fingerprint density at radius 3 is 2.83 bits per heavy atom. The number of nitrogens with zero attached hydrogens (tertiary/aromatic N) is 1. The first-order chi connectivity index (χ1) is 11.2. The molecular weight excluding hydrogens is 290 g/mol. The number of piperidine rings is 1. The van der Waals surface area contributed by atoms with E-state index >= 15 is 0 Å². The number of likely N-dealkylation sites (tertiary alicyclic amines) is 1. The van der Waals surface area contributed by atoms with Crippen molar-refractivity contribution in [2.24, 2.45) is 5.92 Å². The lowest BCUT2D eigenvalue weighted by Gasteiger charge is -2.34. The van der Waals surface area contributed by atoms with Crippen LogP contribution in [0.5, 0.6) is 0 Å². The van der Waals surface area contributed by atoms with Crippen LogP contribution in [0.4, 0.5) is 4.79 Å². The van der Waals surface area contributed by atoms with Crippen LogP contribution in [0.3, 0.4) is 0 Å². The van der Waals surface area contributed by atoms with Crippen LogP contribution in [-0.4, -0.2) is 35.3 Å². The lowest BCUT2D eigenvalue weighted by Crippen LogP contribution is -2.46. The Bertz CT molecular complexity index is 750. The summed E-state index contributed by atoms with van der Waals surface area (Å²) in [6, 6.07) is 14.3. The summed E-state index contributed by atoms with van der Waals surface area (Å²) in [5.41, 5.74) is 1.06. The second kappa shape index (κ2) is 6.72. The Hall–Kier alpha value is -2.51. The van der Waals surface area contributed by atoms with Crippen LogP contribution in [0.2, 0.25) is 0 Å². The largest absolute Gasteiger partial charge is 0.465 e. The third kappa shape index (κ3) is 3.46. The van der Waals surface area contributed by atoms with Crippen molar-refractivity contribution in [3.05, 3.63) is 48.0 Å². The molecule has 1 amide bonds. The van der Waals surface area contributed by atoms with Gasteiger partial charge in [0.15, 0.2) is 0 Å². The number of carboxylic acid groups (broad SMARTS) is 1. The average Bonchev–Trinajstić information content (AvgIpc) is 2.59. The Morgan fingerprint density at radius 2 is 2.09 bits per heavy atom. The van der Waals surface area contributed by atoms with Crippen molar-refractivity contribution in [1.82, 2.24) is 4.90 Å². The molecule has 1 aliphatic heterocycles. The zero-order valence-electron chi connectivity index (χ0n) is 12.8. The predicted octanol–water partition coefficient (Wildman–Crippen LogP) is 3.36. The number of amides is 1. The minimum atomic E-state index is -0.917. The fraction of sp³-hybridized carbons (Fsp3) is 0.316. The molecule has 2 atom stereocenters. The summed E-state index contributed by atoms with van der Waals surface area (Å²) in [6.07, 6.45) is 5.04. The monoisotopic (exact) mass is 309 g/mol. The van der Waals surface area contributed by atoms with Gasteiger partial charge in [0.05, 0.1) is 19.3 Å². The summed E-state index contributed by atoms with van der Waals surface area (Å²) in [5.74, 6) is 2.70. The minimum Gasteiger partial charge on any atom is -0.465 e. The molecule has 0 aliphatic carbocycles. The van der Waals surface area contributed by atoms with Gasteiger partial charge in [-0.3, -0.25) is 0 Å². The average molecular weight is 309 g/mol. The van der Waals surface area contributed by atoms with Crippen LogP contribution in [0.25, 0.3) is 10.8 Å². The molecule has 2 aromatic carbocycles. The SMILES string of the molecule is C#C[C@@H]1CCN(C(=O)O)C[C@H]1OCc1ccc2ccccc2c1. The number of ether oxygens (including phenoxy) is 1. The van der Waals surface area contributed by atoms with E-state index in [4.69, 9.17) is 16.3 Å². The van der Waals surface area contributed by atoms with Gasteiger partial charge in [0.2, 0.25) is 0 Å². The molecule has 0 bridgehead atoms. The van der Waals surface area contributed by atoms with Crippen LogP contribution < -0.4 is 0 Å². The molecule has 0 radical (unpaired) electrons. The maximum atomic E-state index is 11.1. The summed E-state index contributed by atoms with van der Waals surface area (Å²) < 4.78 is 5.95. The molecule has 0 saturated carbocycles. The molecule has 118 valence electrons. The highest BCUT2D eigenvalue weighted by atomic mass is 16.5. The molecule has 1 aliphatic rings. The van der Waals surface area contributed by atoms with Gasteiger partial charge < -0.3 is 14.7 Å². The molecule has 1 saturated heterocycles. The first-order valence-electron chi connectivity index (χ1n) is 7.70. The van der Waals surface area contributed by atoms with Crippen molar-refractivity contribution in [3.8, 4) is 12.3 Å². The van der Waals surface area contributed by atoms with Crippen LogP contribution in [-0.2, 0) is 11.3 Å². The highest BCUT2D eigenvalue weighted by molar-refractivity contribution is 5.82. The van der Waals surface area contributed by atoms with Gasteiger partial charge in [-0.1, -0.05) is 36.4 Å². The van der Waals surface area contributed by atoms with Crippen molar-refractivity contribution in [2.45, 2.75) is 19.1 Å². The second-order valence-electron chi connectivity index (χ2n) is 5.82. The summed E-state index contributed by atoms with van der Waals surface area (Å²) >= 11 is 0. The summed E-state index contributed by atoms with van der Waals surface area (Å²) in [7, 11) is 0. The molecule has 1 N–H and O–H groups in total. The molecular formula is C19H19NO3. The summed E-state index contributed by atoms with van der Waals surface area (Å²) in [5, 5.41) is 11.5. The van der Waals surface area contributed by atoms with Crippen LogP contribution in [0.1, 0.15) is 12.0 Å². The molecule has 23 heavy (non-hydrogen) atoms. The number of hydrogen-bond acceptors (Lipinski definition) is 2. The third-order valence-corrected chi connectivity index (χ3v) is 4.32. The number of terminal acetylenes is 1. The van der Waals surface area contributed by atoms with Crippen LogP contribution >= 0.6 is 0 Å². The van der Waals surface area contributed by atoms with Crippen molar-refractivity contribution in [1.29, 1.82) is 0 Å². The van der Waals surface area contributed by atoms with Crippen LogP contribution in [0, 0.1) is 18.3 Å². The maximum absolute atomic E-state index is 11.1. The highest BCUT2D eigenvalue weighted by Gasteiger charge is 2.31. The lowest BCUT2D eigenvalue weighted by atomic mass is 9.95. The number of carbonyl (C=O) groups is 1. The van der Waals surface area contributed by atoms with Gasteiger partial charge in [-0.05, 0) is 28.8 Å². The van der Waals surface area contributed by atoms with Gasteiger partial charge in [-0.2, -0.15) is 0 Å². The number of hydrogen-bond donors (Lipinski definition) is 1. The molecule has 0 spiro atoms. The van der Waals surface area contributed by atoms with Crippen LogP contribution in [0.15, 0.2) is 42.5 Å². The Balaban J connectivity index is 1.69. The topological polar surface area (TPSA) is 49.8 Å². The van der Waals surface area contributed by atoms with E-state index in [0.29, 0.717) is 26.1 Å². The molecule has 3 rings (SSSR count). The first-order valence-corrected chi connectivity index (χ1v) is 7.70. The molecule has 0 aromatic heterocycles. The normalized spacial score (nSPS) is 21.1. The lowest BCUT2D eigenvalue weighted by molar-refractivity contribution is -0.0259. The van der Waals surface area contributed by atoms with E-state index in [1.54, 1.807) is 0 Å². The van der Waals surface area contributed by atoms with E-state index in [0.717, 1.165) is 10.9 Å². The minimum absolute atomic E-state index is 0.0361. The van der Waals surface area contributed by atoms with E-state index in [-0.39, 0.29) is 12.0 Å². The van der Waals surface area contributed by atoms with E-state index in [1.165, 1.54) is 10.3 Å². The van der Waals surface area contributed by atoms with E-state index in [2.05, 4.69) is 30.2 Å². The second-order valence-corrected chi connectivity index (χ2v) is 5.82. The zero-order chi connectivity index (χ0) is 16.2.